The standard InChI is InChI=1S/C15H26N4/c1-12(2)18-6-8-19(9-7-18)15(10-16)14-11-17-5-4-13(14)3/h4-5,11-12,15H,6-10,16H2,1-3H3. The van der Waals surface area contributed by atoms with Crippen molar-refractivity contribution < 1.29 is 0 Å². The first-order valence-corrected chi connectivity index (χ1v) is 7.22. The second-order valence-corrected chi connectivity index (χ2v) is 5.65. The van der Waals surface area contributed by atoms with Crippen molar-refractivity contribution in [2.75, 3.05) is 32.7 Å². The zero-order valence-corrected chi connectivity index (χ0v) is 12.3. The molecule has 0 aromatic carbocycles. The molecule has 1 aromatic heterocycles. The number of piperazine rings is 1. The highest BCUT2D eigenvalue weighted by Gasteiger charge is 2.25. The summed E-state index contributed by atoms with van der Waals surface area (Å²) in [5.74, 6) is 0. The van der Waals surface area contributed by atoms with Crippen LogP contribution in [0.2, 0.25) is 0 Å². The summed E-state index contributed by atoms with van der Waals surface area (Å²) in [6, 6.07) is 3.02. The molecule has 1 unspecified atom stereocenters. The summed E-state index contributed by atoms with van der Waals surface area (Å²) in [4.78, 5) is 9.29. The van der Waals surface area contributed by atoms with Crippen molar-refractivity contribution in [2.45, 2.75) is 32.9 Å². The first kappa shape index (κ1) is 14.4. The van der Waals surface area contributed by atoms with E-state index in [4.69, 9.17) is 5.73 Å². The number of pyridine rings is 1. The van der Waals surface area contributed by atoms with Crippen LogP contribution in [0.3, 0.4) is 0 Å². The van der Waals surface area contributed by atoms with Crippen molar-refractivity contribution in [3.05, 3.63) is 29.6 Å². The van der Waals surface area contributed by atoms with Crippen LogP contribution in [0.1, 0.15) is 31.0 Å². The topological polar surface area (TPSA) is 45.4 Å². The highest BCUT2D eigenvalue weighted by molar-refractivity contribution is 5.25. The van der Waals surface area contributed by atoms with Crippen LogP contribution in [0.5, 0.6) is 0 Å². The third-order valence-electron chi connectivity index (χ3n) is 4.18. The maximum atomic E-state index is 6.02. The molecule has 19 heavy (non-hydrogen) atoms. The van der Waals surface area contributed by atoms with Gasteiger partial charge in [0.2, 0.25) is 0 Å². The van der Waals surface area contributed by atoms with Crippen molar-refractivity contribution in [1.29, 1.82) is 0 Å². The number of nitrogens with zero attached hydrogens (tertiary/aromatic N) is 3. The van der Waals surface area contributed by atoms with Crippen LogP contribution in [0.15, 0.2) is 18.5 Å². The summed E-state index contributed by atoms with van der Waals surface area (Å²) >= 11 is 0. The smallest absolute Gasteiger partial charge is 0.0489 e. The molecule has 1 aliphatic heterocycles. The van der Waals surface area contributed by atoms with Gasteiger partial charge in [-0.25, -0.2) is 0 Å². The van der Waals surface area contributed by atoms with Crippen LogP contribution in [-0.4, -0.2) is 53.5 Å². The molecule has 0 aliphatic carbocycles. The highest BCUT2D eigenvalue weighted by Crippen LogP contribution is 2.23. The van der Waals surface area contributed by atoms with E-state index in [1.165, 1.54) is 11.1 Å². The predicted molar refractivity (Wildman–Crippen MR) is 79.1 cm³/mol. The molecule has 2 N–H and O–H groups in total. The normalized spacial score (nSPS) is 19.8. The fourth-order valence-corrected chi connectivity index (χ4v) is 2.86. The Morgan fingerprint density at radius 1 is 1.21 bits per heavy atom. The van der Waals surface area contributed by atoms with E-state index in [0.717, 1.165) is 26.2 Å². The van der Waals surface area contributed by atoms with E-state index in [9.17, 15) is 0 Å². The van der Waals surface area contributed by atoms with Gasteiger partial charge < -0.3 is 5.73 Å². The number of rotatable bonds is 4. The van der Waals surface area contributed by atoms with Crippen LogP contribution < -0.4 is 5.73 Å². The second-order valence-electron chi connectivity index (χ2n) is 5.65. The number of nitrogens with two attached hydrogens (primary N) is 1. The first-order chi connectivity index (χ1) is 9.13. The van der Waals surface area contributed by atoms with Crippen molar-refractivity contribution >= 4 is 0 Å². The van der Waals surface area contributed by atoms with Gasteiger partial charge in [0.05, 0.1) is 0 Å². The van der Waals surface area contributed by atoms with Crippen LogP contribution in [0, 0.1) is 6.92 Å². The summed E-state index contributed by atoms with van der Waals surface area (Å²) in [5, 5.41) is 0. The van der Waals surface area contributed by atoms with E-state index in [-0.39, 0.29) is 0 Å². The molecule has 0 bridgehead atoms. The molecule has 0 radical (unpaired) electrons. The second kappa shape index (κ2) is 6.46. The molecule has 106 valence electrons. The lowest BCUT2D eigenvalue weighted by atomic mass is 10.0. The van der Waals surface area contributed by atoms with Gasteiger partial charge in [0.25, 0.3) is 0 Å². The minimum absolute atomic E-state index is 0.308. The van der Waals surface area contributed by atoms with Crippen LogP contribution >= 0.6 is 0 Å². The third-order valence-corrected chi connectivity index (χ3v) is 4.18. The number of aryl methyl sites for hydroxylation is 1. The lowest BCUT2D eigenvalue weighted by Crippen LogP contribution is -2.51. The fraction of sp³-hybridized carbons (Fsp3) is 0.667. The molecule has 2 heterocycles. The molecule has 0 spiro atoms. The van der Waals surface area contributed by atoms with Crippen LogP contribution in [0.4, 0.5) is 0 Å². The monoisotopic (exact) mass is 262 g/mol. The minimum Gasteiger partial charge on any atom is -0.329 e. The molecule has 1 fully saturated rings. The van der Waals surface area contributed by atoms with E-state index in [1.807, 2.05) is 12.4 Å². The van der Waals surface area contributed by atoms with E-state index in [0.29, 0.717) is 18.6 Å². The molecule has 1 saturated heterocycles. The zero-order valence-electron chi connectivity index (χ0n) is 12.3. The van der Waals surface area contributed by atoms with Crippen LogP contribution in [0.25, 0.3) is 0 Å². The SMILES string of the molecule is Cc1ccncc1C(CN)N1CCN(C(C)C)CC1. The summed E-state index contributed by atoms with van der Waals surface area (Å²) in [6.45, 7) is 11.8. The van der Waals surface area contributed by atoms with Crippen molar-refractivity contribution in [2.24, 2.45) is 5.73 Å². The van der Waals surface area contributed by atoms with Gasteiger partial charge in [0.1, 0.15) is 0 Å². The molecule has 1 atom stereocenters. The van der Waals surface area contributed by atoms with Crippen molar-refractivity contribution in [3.8, 4) is 0 Å². The van der Waals surface area contributed by atoms with Crippen LogP contribution in [-0.2, 0) is 0 Å². The average Bonchev–Trinajstić information content (AvgIpc) is 2.42. The predicted octanol–water partition coefficient (Wildman–Crippen LogP) is 1.42. The van der Waals surface area contributed by atoms with Gasteiger partial charge in [-0.2, -0.15) is 0 Å². The van der Waals surface area contributed by atoms with Gasteiger partial charge in [-0.1, -0.05) is 0 Å². The molecular weight excluding hydrogens is 236 g/mol. The summed E-state index contributed by atoms with van der Waals surface area (Å²) in [7, 11) is 0. The molecule has 1 aliphatic rings. The Balaban J connectivity index is 2.06. The number of aromatic nitrogens is 1. The molecular formula is C15H26N4. The number of hydrogen-bond donors (Lipinski definition) is 1. The van der Waals surface area contributed by atoms with Gasteiger partial charge in [-0.05, 0) is 38.0 Å². The Kier molecular flexibility index (Phi) is 4.91. The largest absolute Gasteiger partial charge is 0.329 e. The van der Waals surface area contributed by atoms with E-state index in [2.05, 4.69) is 41.6 Å². The Labute approximate surface area is 116 Å². The molecule has 4 heteroatoms. The van der Waals surface area contributed by atoms with E-state index >= 15 is 0 Å². The van der Waals surface area contributed by atoms with E-state index < -0.39 is 0 Å². The van der Waals surface area contributed by atoms with Gasteiger partial charge in [0, 0.05) is 57.2 Å². The average molecular weight is 262 g/mol. The Morgan fingerprint density at radius 2 is 1.84 bits per heavy atom. The molecule has 0 amide bonds. The lowest BCUT2D eigenvalue weighted by Gasteiger charge is -2.40. The Morgan fingerprint density at radius 3 is 2.37 bits per heavy atom. The highest BCUT2D eigenvalue weighted by atomic mass is 15.3. The Bertz CT molecular complexity index is 397. The van der Waals surface area contributed by atoms with Gasteiger partial charge in [0.15, 0.2) is 0 Å². The molecule has 2 rings (SSSR count). The van der Waals surface area contributed by atoms with Gasteiger partial charge >= 0.3 is 0 Å². The maximum Gasteiger partial charge on any atom is 0.0489 e. The van der Waals surface area contributed by atoms with E-state index in [1.54, 1.807) is 0 Å². The van der Waals surface area contributed by atoms with Gasteiger partial charge in [-0.15, -0.1) is 0 Å². The summed E-state index contributed by atoms with van der Waals surface area (Å²) < 4.78 is 0. The van der Waals surface area contributed by atoms with Crippen molar-refractivity contribution in [3.63, 3.8) is 0 Å². The maximum absolute atomic E-state index is 6.02. The number of hydrogen-bond acceptors (Lipinski definition) is 4. The first-order valence-electron chi connectivity index (χ1n) is 7.22. The van der Waals surface area contributed by atoms with Crippen molar-refractivity contribution in [1.82, 2.24) is 14.8 Å². The molecule has 1 aromatic rings. The quantitative estimate of drug-likeness (QED) is 0.891. The fourth-order valence-electron chi connectivity index (χ4n) is 2.86. The Hall–Kier alpha value is -0.970. The third kappa shape index (κ3) is 3.32. The summed E-state index contributed by atoms with van der Waals surface area (Å²) in [5.41, 5.74) is 8.59. The summed E-state index contributed by atoms with van der Waals surface area (Å²) in [6.07, 6.45) is 3.82. The minimum atomic E-state index is 0.308. The van der Waals surface area contributed by atoms with Gasteiger partial charge in [-0.3, -0.25) is 14.8 Å². The molecule has 4 nitrogen and oxygen atoms in total. The molecule has 0 saturated carbocycles. The zero-order chi connectivity index (χ0) is 13.8. The lowest BCUT2D eigenvalue weighted by molar-refractivity contribution is 0.0799.